The Bertz CT molecular complexity index is 163. The molecule has 0 aliphatic carbocycles. The topological polar surface area (TPSA) is 17.1 Å². The number of thioether (sulfide) groups is 1. The van der Waals surface area contributed by atoms with Gasteiger partial charge in [-0.15, -0.1) is 0 Å². The lowest BCUT2D eigenvalue weighted by atomic mass is 10.2. The van der Waals surface area contributed by atoms with E-state index in [0.29, 0.717) is 0 Å². The second-order valence-electron chi connectivity index (χ2n) is 4.77. The van der Waals surface area contributed by atoms with E-state index in [4.69, 9.17) is 0 Å². The number of nitrogens with zero attached hydrogens (tertiary/aromatic N) is 1. The third kappa shape index (κ3) is 12.0. The van der Waals surface area contributed by atoms with E-state index in [-0.39, 0.29) is 5.12 Å². The molecule has 14 heavy (non-hydrogen) atoms. The van der Waals surface area contributed by atoms with Gasteiger partial charge in [0.15, 0.2) is 5.12 Å². The fourth-order valence-electron chi connectivity index (χ4n) is 1.26. The molecular weight excluding hydrogens is 194 g/mol. The summed E-state index contributed by atoms with van der Waals surface area (Å²) in [5.41, 5.74) is 0. The minimum Gasteiger partial charge on any atom is -0.331 e. The van der Waals surface area contributed by atoms with Crippen molar-refractivity contribution in [1.29, 1.82) is 0 Å². The molecule has 0 bridgehead atoms. The predicted molar refractivity (Wildman–Crippen MR) is 64.5 cm³/mol. The van der Waals surface area contributed by atoms with Crippen molar-refractivity contribution in [2.45, 2.75) is 32.6 Å². The summed E-state index contributed by atoms with van der Waals surface area (Å²) in [4.78, 5) is 10.6. The van der Waals surface area contributed by atoms with Crippen molar-refractivity contribution in [2.75, 3.05) is 33.4 Å². The lowest BCUT2D eigenvalue weighted by Gasteiger charge is -2.23. The molecule has 0 unspecified atom stereocenters. The van der Waals surface area contributed by atoms with Gasteiger partial charge < -0.3 is 4.48 Å². The van der Waals surface area contributed by atoms with Gasteiger partial charge in [-0.2, -0.15) is 0 Å². The Morgan fingerprint density at radius 3 is 2.14 bits per heavy atom. The van der Waals surface area contributed by atoms with Gasteiger partial charge in [-0.3, -0.25) is 4.79 Å². The molecule has 0 amide bonds. The molecule has 0 atom stereocenters. The average Bonchev–Trinajstić information content (AvgIpc) is 2.00. The number of carbonyl (C=O) groups excluding carboxylic acids is 1. The van der Waals surface area contributed by atoms with Crippen LogP contribution < -0.4 is 0 Å². The number of hydrogen-bond donors (Lipinski definition) is 0. The van der Waals surface area contributed by atoms with Crippen molar-refractivity contribution >= 4 is 16.9 Å². The van der Waals surface area contributed by atoms with E-state index in [9.17, 15) is 4.79 Å². The second-order valence-corrected chi connectivity index (χ2v) is 6.04. The average molecular weight is 218 g/mol. The molecule has 0 rings (SSSR count). The Hall–Kier alpha value is -0.0200. The van der Waals surface area contributed by atoms with E-state index in [1.54, 1.807) is 6.92 Å². The first kappa shape index (κ1) is 14.0. The van der Waals surface area contributed by atoms with Crippen molar-refractivity contribution in [1.82, 2.24) is 0 Å². The highest BCUT2D eigenvalue weighted by molar-refractivity contribution is 8.13. The van der Waals surface area contributed by atoms with Crippen LogP contribution in [0.4, 0.5) is 0 Å². The Labute approximate surface area is 92.6 Å². The lowest BCUT2D eigenvalue weighted by molar-refractivity contribution is -0.870. The van der Waals surface area contributed by atoms with E-state index in [1.165, 1.54) is 44.0 Å². The van der Waals surface area contributed by atoms with Crippen molar-refractivity contribution in [3.8, 4) is 0 Å². The van der Waals surface area contributed by atoms with Crippen LogP contribution in [-0.2, 0) is 4.79 Å². The van der Waals surface area contributed by atoms with E-state index >= 15 is 0 Å². The maximum absolute atomic E-state index is 10.6. The molecule has 0 aromatic carbocycles. The van der Waals surface area contributed by atoms with Gasteiger partial charge in [0.25, 0.3) is 0 Å². The van der Waals surface area contributed by atoms with Gasteiger partial charge >= 0.3 is 0 Å². The van der Waals surface area contributed by atoms with E-state index < -0.39 is 0 Å². The Kier molecular flexibility index (Phi) is 7.28. The maximum atomic E-state index is 10.6. The minimum absolute atomic E-state index is 0.247. The summed E-state index contributed by atoms with van der Waals surface area (Å²) in [6.07, 6.45) is 5.05. The molecule has 0 radical (unpaired) electrons. The monoisotopic (exact) mass is 218 g/mol. The van der Waals surface area contributed by atoms with Gasteiger partial charge in [-0.05, 0) is 19.3 Å². The molecule has 3 heteroatoms. The van der Waals surface area contributed by atoms with Crippen LogP contribution in [0.25, 0.3) is 0 Å². The molecule has 0 aromatic rings. The van der Waals surface area contributed by atoms with Crippen LogP contribution in [0.1, 0.15) is 32.6 Å². The fourth-order valence-corrected chi connectivity index (χ4v) is 1.89. The number of hydrogen-bond acceptors (Lipinski definition) is 2. The van der Waals surface area contributed by atoms with Crippen LogP contribution in [0, 0.1) is 0 Å². The van der Waals surface area contributed by atoms with Crippen molar-refractivity contribution in [3.63, 3.8) is 0 Å². The zero-order valence-electron chi connectivity index (χ0n) is 10.0. The quantitative estimate of drug-likeness (QED) is 0.482. The summed E-state index contributed by atoms with van der Waals surface area (Å²) in [7, 11) is 6.68. The van der Waals surface area contributed by atoms with Crippen LogP contribution in [0.2, 0.25) is 0 Å². The smallest absolute Gasteiger partial charge is 0.185 e. The summed E-state index contributed by atoms with van der Waals surface area (Å²) >= 11 is 1.45. The molecule has 0 heterocycles. The first-order chi connectivity index (χ1) is 6.42. The third-order valence-corrected chi connectivity index (χ3v) is 2.93. The van der Waals surface area contributed by atoms with Crippen molar-refractivity contribution < 1.29 is 9.28 Å². The molecule has 0 fully saturated rings. The highest BCUT2D eigenvalue weighted by Gasteiger charge is 2.05. The van der Waals surface area contributed by atoms with E-state index in [1.807, 2.05) is 0 Å². The largest absolute Gasteiger partial charge is 0.331 e. The standard InChI is InChI=1S/C11H24NOS/c1-11(13)14-10-8-6-5-7-9-12(2,3)4/h5-10H2,1-4H3/q+1. The van der Waals surface area contributed by atoms with Crippen molar-refractivity contribution in [3.05, 3.63) is 0 Å². The third-order valence-electron chi connectivity index (χ3n) is 2.03. The van der Waals surface area contributed by atoms with Crippen LogP contribution in [0.15, 0.2) is 0 Å². The predicted octanol–water partition coefficient (Wildman–Crippen LogP) is 2.53. The number of rotatable bonds is 7. The molecule has 84 valence electrons. The molecule has 0 saturated heterocycles. The summed E-state index contributed by atoms with van der Waals surface area (Å²) in [5, 5.41) is 0.247. The first-order valence-electron chi connectivity index (χ1n) is 5.35. The first-order valence-corrected chi connectivity index (χ1v) is 6.34. The lowest BCUT2D eigenvalue weighted by Crippen LogP contribution is -2.35. The summed E-state index contributed by atoms with van der Waals surface area (Å²) in [6, 6.07) is 0. The van der Waals surface area contributed by atoms with Crippen LogP contribution in [0.5, 0.6) is 0 Å². The van der Waals surface area contributed by atoms with Gasteiger partial charge in [0, 0.05) is 12.7 Å². The Morgan fingerprint density at radius 2 is 1.64 bits per heavy atom. The maximum Gasteiger partial charge on any atom is 0.185 e. The normalized spacial score (nSPS) is 11.7. The Balaban J connectivity index is 3.11. The van der Waals surface area contributed by atoms with Gasteiger partial charge in [0.2, 0.25) is 0 Å². The van der Waals surface area contributed by atoms with Crippen LogP contribution in [-0.4, -0.2) is 43.0 Å². The summed E-state index contributed by atoms with van der Waals surface area (Å²) < 4.78 is 1.06. The van der Waals surface area contributed by atoms with Gasteiger partial charge in [0.05, 0.1) is 27.7 Å². The SMILES string of the molecule is CC(=O)SCCCCCC[N+](C)(C)C. The van der Waals surface area contributed by atoms with Gasteiger partial charge in [-0.1, -0.05) is 18.2 Å². The van der Waals surface area contributed by atoms with Gasteiger partial charge in [-0.25, -0.2) is 0 Å². The minimum atomic E-state index is 0.247. The zero-order chi connectivity index (χ0) is 11.0. The van der Waals surface area contributed by atoms with Crippen LogP contribution in [0.3, 0.4) is 0 Å². The molecule has 0 saturated carbocycles. The second kappa shape index (κ2) is 7.30. The van der Waals surface area contributed by atoms with E-state index in [2.05, 4.69) is 21.1 Å². The molecule has 0 N–H and O–H groups in total. The summed E-state index contributed by atoms with van der Waals surface area (Å²) in [6.45, 7) is 2.89. The molecule has 2 nitrogen and oxygen atoms in total. The number of quaternary nitrogens is 1. The number of carbonyl (C=O) groups is 1. The van der Waals surface area contributed by atoms with Gasteiger partial charge in [0.1, 0.15) is 0 Å². The molecule has 0 aliphatic heterocycles. The highest BCUT2D eigenvalue weighted by Crippen LogP contribution is 2.08. The van der Waals surface area contributed by atoms with E-state index in [0.717, 1.165) is 10.2 Å². The van der Waals surface area contributed by atoms with Crippen molar-refractivity contribution in [2.24, 2.45) is 0 Å². The molecule has 0 spiro atoms. The Morgan fingerprint density at radius 1 is 1.07 bits per heavy atom. The van der Waals surface area contributed by atoms with Crippen LogP contribution >= 0.6 is 11.8 Å². The highest BCUT2D eigenvalue weighted by atomic mass is 32.2. The molecule has 0 aromatic heterocycles. The molecule has 0 aliphatic rings. The number of unbranched alkanes of at least 4 members (excludes halogenated alkanes) is 3. The fraction of sp³-hybridized carbons (Fsp3) is 0.909. The summed E-state index contributed by atoms with van der Waals surface area (Å²) in [5.74, 6) is 1.000. The zero-order valence-corrected chi connectivity index (χ0v) is 10.8. The molecular formula is C11H24NOS+.